The number of hydrogen-bond donors (Lipinski definition) is 1. The molecule has 0 saturated heterocycles. The molecular weight excluding hydrogens is 250 g/mol. The van der Waals surface area contributed by atoms with Gasteiger partial charge in [-0.3, -0.25) is 0 Å². The fraction of sp³-hybridized carbons (Fsp3) is 0.647. The maximum atomic E-state index is 5.91. The van der Waals surface area contributed by atoms with Gasteiger partial charge in [0.25, 0.3) is 0 Å². The maximum absolute atomic E-state index is 5.91. The molecule has 0 radical (unpaired) electrons. The van der Waals surface area contributed by atoms with Crippen LogP contribution in [0.1, 0.15) is 43.2 Å². The Morgan fingerprint density at radius 1 is 1.20 bits per heavy atom. The van der Waals surface area contributed by atoms with E-state index in [0.29, 0.717) is 6.10 Å². The molecule has 3 heteroatoms. The Morgan fingerprint density at radius 3 is 3.00 bits per heavy atom. The van der Waals surface area contributed by atoms with E-state index in [-0.39, 0.29) is 0 Å². The van der Waals surface area contributed by atoms with Gasteiger partial charge in [0.05, 0.1) is 19.3 Å². The van der Waals surface area contributed by atoms with E-state index < -0.39 is 0 Å². The molecule has 110 valence electrons. The lowest BCUT2D eigenvalue weighted by atomic mass is 9.98. The molecule has 1 fully saturated rings. The van der Waals surface area contributed by atoms with E-state index in [2.05, 4.69) is 23.5 Å². The van der Waals surface area contributed by atoms with Crippen LogP contribution in [0.15, 0.2) is 18.2 Å². The van der Waals surface area contributed by atoms with Crippen LogP contribution in [0.25, 0.3) is 0 Å². The molecule has 20 heavy (non-hydrogen) atoms. The number of benzene rings is 1. The Hall–Kier alpha value is -1.06. The fourth-order valence-corrected chi connectivity index (χ4v) is 3.11. The quantitative estimate of drug-likeness (QED) is 0.809. The van der Waals surface area contributed by atoms with Gasteiger partial charge in [0, 0.05) is 19.5 Å². The standard InChI is InChI=1S/C17H25NO2/c1-2-4-16(5-3-1)19-11-9-18-13-14-6-7-17-15(12-14)8-10-20-17/h6-7,12,16,18H,1-5,8-11,13H2. The first-order valence-corrected chi connectivity index (χ1v) is 7.99. The molecule has 2 aliphatic rings. The smallest absolute Gasteiger partial charge is 0.122 e. The average molecular weight is 275 g/mol. The second-order valence-corrected chi connectivity index (χ2v) is 5.85. The zero-order valence-corrected chi connectivity index (χ0v) is 12.2. The molecule has 0 atom stereocenters. The van der Waals surface area contributed by atoms with Crippen molar-refractivity contribution in [2.45, 2.75) is 51.2 Å². The molecule has 1 aromatic carbocycles. The van der Waals surface area contributed by atoms with E-state index >= 15 is 0 Å². The molecule has 0 aromatic heterocycles. The lowest BCUT2D eigenvalue weighted by Gasteiger charge is -2.22. The maximum Gasteiger partial charge on any atom is 0.122 e. The van der Waals surface area contributed by atoms with E-state index in [1.807, 2.05) is 0 Å². The molecule has 1 saturated carbocycles. The number of nitrogens with one attached hydrogen (secondary N) is 1. The zero-order chi connectivity index (χ0) is 13.6. The van der Waals surface area contributed by atoms with Crippen LogP contribution in [0.2, 0.25) is 0 Å². The number of fused-ring (bicyclic) bond motifs is 1. The number of hydrogen-bond acceptors (Lipinski definition) is 3. The van der Waals surface area contributed by atoms with Gasteiger partial charge in [-0.15, -0.1) is 0 Å². The Kier molecular flexibility index (Phi) is 4.93. The van der Waals surface area contributed by atoms with Crippen LogP contribution in [0, 0.1) is 0 Å². The van der Waals surface area contributed by atoms with E-state index in [1.165, 1.54) is 43.2 Å². The number of ether oxygens (including phenoxy) is 2. The van der Waals surface area contributed by atoms with Gasteiger partial charge in [0.1, 0.15) is 5.75 Å². The van der Waals surface area contributed by atoms with E-state index in [1.54, 1.807) is 0 Å². The summed E-state index contributed by atoms with van der Waals surface area (Å²) in [6, 6.07) is 6.51. The van der Waals surface area contributed by atoms with Crippen molar-refractivity contribution in [2.24, 2.45) is 0 Å². The van der Waals surface area contributed by atoms with Gasteiger partial charge in [-0.25, -0.2) is 0 Å². The first-order chi connectivity index (χ1) is 9.92. The molecule has 0 bridgehead atoms. The van der Waals surface area contributed by atoms with Crippen molar-refractivity contribution in [2.75, 3.05) is 19.8 Å². The van der Waals surface area contributed by atoms with Crippen LogP contribution in [-0.4, -0.2) is 25.9 Å². The minimum absolute atomic E-state index is 0.516. The lowest BCUT2D eigenvalue weighted by molar-refractivity contribution is 0.0302. The second kappa shape index (κ2) is 7.09. The highest BCUT2D eigenvalue weighted by molar-refractivity contribution is 5.39. The van der Waals surface area contributed by atoms with Crippen molar-refractivity contribution in [1.82, 2.24) is 5.32 Å². The second-order valence-electron chi connectivity index (χ2n) is 5.85. The van der Waals surface area contributed by atoms with Crippen LogP contribution >= 0.6 is 0 Å². The molecule has 1 aliphatic heterocycles. The average Bonchev–Trinajstić information content (AvgIpc) is 2.95. The third-order valence-corrected chi connectivity index (χ3v) is 4.27. The Morgan fingerprint density at radius 2 is 2.10 bits per heavy atom. The highest BCUT2D eigenvalue weighted by Gasteiger charge is 2.13. The molecule has 3 rings (SSSR count). The van der Waals surface area contributed by atoms with Gasteiger partial charge in [0.15, 0.2) is 0 Å². The lowest BCUT2D eigenvalue weighted by Crippen LogP contribution is -2.24. The molecular formula is C17H25NO2. The summed E-state index contributed by atoms with van der Waals surface area (Å²) in [7, 11) is 0. The van der Waals surface area contributed by atoms with Gasteiger partial charge >= 0.3 is 0 Å². The van der Waals surface area contributed by atoms with Crippen LogP contribution in [-0.2, 0) is 17.7 Å². The highest BCUT2D eigenvalue weighted by atomic mass is 16.5. The Labute approximate surface area is 121 Å². The van der Waals surface area contributed by atoms with Crippen molar-refractivity contribution in [1.29, 1.82) is 0 Å². The normalized spacial score (nSPS) is 18.8. The van der Waals surface area contributed by atoms with Crippen molar-refractivity contribution in [3.05, 3.63) is 29.3 Å². The first-order valence-electron chi connectivity index (χ1n) is 7.99. The van der Waals surface area contributed by atoms with Crippen LogP contribution in [0.3, 0.4) is 0 Å². The summed E-state index contributed by atoms with van der Waals surface area (Å²) in [5.41, 5.74) is 2.69. The van der Waals surface area contributed by atoms with Crippen molar-refractivity contribution < 1.29 is 9.47 Å². The summed E-state index contributed by atoms with van der Waals surface area (Å²) in [6.07, 6.45) is 8.15. The highest BCUT2D eigenvalue weighted by Crippen LogP contribution is 2.25. The molecule has 3 nitrogen and oxygen atoms in total. The number of rotatable bonds is 6. The van der Waals surface area contributed by atoms with Crippen molar-refractivity contribution >= 4 is 0 Å². The largest absolute Gasteiger partial charge is 0.493 e. The van der Waals surface area contributed by atoms with Gasteiger partial charge in [0.2, 0.25) is 0 Å². The van der Waals surface area contributed by atoms with Crippen LogP contribution < -0.4 is 10.1 Å². The van der Waals surface area contributed by atoms with Gasteiger partial charge in [-0.1, -0.05) is 31.4 Å². The summed E-state index contributed by atoms with van der Waals surface area (Å²) in [4.78, 5) is 0. The predicted octanol–water partition coefficient (Wildman–Crippen LogP) is 3.06. The van der Waals surface area contributed by atoms with Gasteiger partial charge in [-0.05, 0) is 30.0 Å². The topological polar surface area (TPSA) is 30.5 Å². The summed E-state index contributed by atoms with van der Waals surface area (Å²) >= 11 is 0. The molecule has 1 aliphatic carbocycles. The van der Waals surface area contributed by atoms with Gasteiger partial charge in [-0.2, -0.15) is 0 Å². The zero-order valence-electron chi connectivity index (χ0n) is 12.2. The van der Waals surface area contributed by atoms with E-state index in [0.717, 1.165) is 38.5 Å². The van der Waals surface area contributed by atoms with E-state index in [4.69, 9.17) is 9.47 Å². The fourth-order valence-electron chi connectivity index (χ4n) is 3.11. The minimum Gasteiger partial charge on any atom is -0.493 e. The molecule has 1 N–H and O–H groups in total. The van der Waals surface area contributed by atoms with Gasteiger partial charge < -0.3 is 14.8 Å². The SMILES string of the molecule is c1cc2c(cc1CNCCOC1CCCCC1)CCO2. The third kappa shape index (κ3) is 3.74. The molecule has 0 amide bonds. The summed E-state index contributed by atoms with van der Waals surface area (Å²) in [5.74, 6) is 1.06. The summed E-state index contributed by atoms with van der Waals surface area (Å²) in [5, 5.41) is 3.47. The summed E-state index contributed by atoms with van der Waals surface area (Å²) < 4.78 is 11.4. The Balaban J connectivity index is 1.33. The molecule has 1 aromatic rings. The molecule has 0 unspecified atom stereocenters. The first kappa shape index (κ1) is 13.9. The van der Waals surface area contributed by atoms with E-state index in [9.17, 15) is 0 Å². The van der Waals surface area contributed by atoms with Crippen LogP contribution in [0.4, 0.5) is 0 Å². The third-order valence-electron chi connectivity index (χ3n) is 4.27. The Bertz CT molecular complexity index is 427. The van der Waals surface area contributed by atoms with Crippen LogP contribution in [0.5, 0.6) is 5.75 Å². The minimum atomic E-state index is 0.516. The summed E-state index contributed by atoms with van der Waals surface area (Å²) in [6.45, 7) is 3.52. The molecule has 0 spiro atoms. The van der Waals surface area contributed by atoms with Crippen molar-refractivity contribution in [3.63, 3.8) is 0 Å². The predicted molar refractivity (Wildman–Crippen MR) is 80.2 cm³/mol. The monoisotopic (exact) mass is 275 g/mol. The van der Waals surface area contributed by atoms with Crippen molar-refractivity contribution in [3.8, 4) is 5.75 Å². The molecule has 1 heterocycles.